The second kappa shape index (κ2) is 6.43. The molecule has 0 fully saturated rings. The Morgan fingerprint density at radius 3 is 2.62 bits per heavy atom. The summed E-state index contributed by atoms with van der Waals surface area (Å²) in [5.74, 6) is -0.0398. The van der Waals surface area contributed by atoms with Gasteiger partial charge >= 0.3 is 0 Å². The van der Waals surface area contributed by atoms with Gasteiger partial charge in [-0.2, -0.15) is 0 Å². The number of para-hydroxylation sites is 1. The summed E-state index contributed by atoms with van der Waals surface area (Å²) in [6.07, 6.45) is 1.67. The Morgan fingerprint density at radius 1 is 1.19 bits per heavy atom. The van der Waals surface area contributed by atoms with Gasteiger partial charge in [-0.1, -0.05) is 32.0 Å². The van der Waals surface area contributed by atoms with Gasteiger partial charge in [-0.3, -0.25) is 9.59 Å². The SMILES string of the molecule is CC(C)CNC(=O)C(C)NC(=O)c1c[nH]c2ccccc12. The molecule has 0 saturated heterocycles. The van der Waals surface area contributed by atoms with E-state index in [-0.39, 0.29) is 11.8 Å². The van der Waals surface area contributed by atoms with Crippen molar-refractivity contribution < 1.29 is 9.59 Å². The number of nitrogens with one attached hydrogen (secondary N) is 3. The summed E-state index contributed by atoms with van der Waals surface area (Å²) in [5.41, 5.74) is 1.45. The average Bonchev–Trinajstić information content (AvgIpc) is 2.88. The van der Waals surface area contributed by atoms with Gasteiger partial charge in [0, 0.05) is 23.6 Å². The number of H-pyrrole nitrogens is 1. The van der Waals surface area contributed by atoms with Crippen molar-refractivity contribution >= 4 is 22.7 Å². The van der Waals surface area contributed by atoms with Crippen LogP contribution in [0.25, 0.3) is 10.9 Å². The summed E-state index contributed by atoms with van der Waals surface area (Å²) in [5, 5.41) is 6.39. The zero-order valence-electron chi connectivity index (χ0n) is 12.6. The topological polar surface area (TPSA) is 74.0 Å². The maximum absolute atomic E-state index is 12.3. The minimum Gasteiger partial charge on any atom is -0.360 e. The largest absolute Gasteiger partial charge is 0.360 e. The van der Waals surface area contributed by atoms with Gasteiger partial charge in [0.25, 0.3) is 5.91 Å². The first-order valence-electron chi connectivity index (χ1n) is 7.13. The molecule has 0 bridgehead atoms. The summed E-state index contributed by atoms with van der Waals surface area (Å²) in [4.78, 5) is 27.2. The number of hydrogen-bond acceptors (Lipinski definition) is 2. The van der Waals surface area contributed by atoms with Gasteiger partial charge in [-0.25, -0.2) is 0 Å². The molecule has 1 heterocycles. The van der Waals surface area contributed by atoms with Crippen LogP contribution in [0.4, 0.5) is 0 Å². The summed E-state index contributed by atoms with van der Waals surface area (Å²) in [6.45, 7) is 6.33. The van der Waals surface area contributed by atoms with E-state index in [1.165, 1.54) is 0 Å². The fraction of sp³-hybridized carbons (Fsp3) is 0.375. The van der Waals surface area contributed by atoms with E-state index >= 15 is 0 Å². The number of benzene rings is 1. The van der Waals surface area contributed by atoms with E-state index < -0.39 is 6.04 Å². The van der Waals surface area contributed by atoms with Crippen LogP contribution in [0.2, 0.25) is 0 Å². The minimum atomic E-state index is -0.565. The van der Waals surface area contributed by atoms with Gasteiger partial charge in [-0.15, -0.1) is 0 Å². The fourth-order valence-corrected chi connectivity index (χ4v) is 2.06. The standard InChI is InChI=1S/C16H21N3O2/c1-10(2)8-18-15(20)11(3)19-16(21)13-9-17-14-7-5-4-6-12(13)14/h4-7,9-11,17H,8H2,1-3H3,(H,18,20)(H,19,21). The van der Waals surface area contributed by atoms with Crippen LogP contribution in [0.5, 0.6) is 0 Å². The van der Waals surface area contributed by atoms with Crippen molar-refractivity contribution in [2.45, 2.75) is 26.8 Å². The van der Waals surface area contributed by atoms with E-state index in [4.69, 9.17) is 0 Å². The molecule has 3 N–H and O–H groups in total. The number of carbonyl (C=O) groups is 2. The molecule has 0 aliphatic carbocycles. The zero-order valence-corrected chi connectivity index (χ0v) is 12.6. The van der Waals surface area contributed by atoms with Gasteiger partial charge in [-0.05, 0) is 18.9 Å². The molecule has 2 rings (SSSR count). The smallest absolute Gasteiger partial charge is 0.254 e. The molecule has 5 heteroatoms. The first kappa shape index (κ1) is 15.1. The van der Waals surface area contributed by atoms with Gasteiger partial charge in [0.05, 0.1) is 5.56 Å². The van der Waals surface area contributed by atoms with E-state index in [1.807, 2.05) is 38.1 Å². The van der Waals surface area contributed by atoms with Gasteiger partial charge in [0.1, 0.15) is 6.04 Å². The van der Waals surface area contributed by atoms with Gasteiger partial charge in [0.2, 0.25) is 5.91 Å². The van der Waals surface area contributed by atoms with Crippen LogP contribution in [0.3, 0.4) is 0 Å². The maximum atomic E-state index is 12.3. The second-order valence-corrected chi connectivity index (χ2v) is 5.58. The van der Waals surface area contributed by atoms with E-state index in [2.05, 4.69) is 15.6 Å². The molecular formula is C16H21N3O2. The molecule has 1 atom stereocenters. The Morgan fingerprint density at radius 2 is 1.90 bits per heavy atom. The van der Waals surface area contributed by atoms with Crippen LogP contribution in [0, 0.1) is 5.92 Å². The number of fused-ring (bicyclic) bond motifs is 1. The molecule has 0 aliphatic heterocycles. The van der Waals surface area contributed by atoms with Crippen molar-refractivity contribution in [2.75, 3.05) is 6.54 Å². The molecule has 1 aromatic heterocycles. The Bertz CT molecular complexity index is 646. The number of aromatic amines is 1. The highest BCUT2D eigenvalue weighted by Crippen LogP contribution is 2.17. The molecule has 1 unspecified atom stereocenters. The van der Waals surface area contributed by atoms with Crippen molar-refractivity contribution in [3.05, 3.63) is 36.0 Å². The van der Waals surface area contributed by atoms with E-state index in [0.717, 1.165) is 10.9 Å². The highest BCUT2D eigenvalue weighted by molar-refractivity contribution is 6.07. The highest BCUT2D eigenvalue weighted by Gasteiger charge is 2.18. The van der Waals surface area contributed by atoms with Crippen molar-refractivity contribution in [3.63, 3.8) is 0 Å². The molecule has 0 aliphatic rings. The molecular weight excluding hydrogens is 266 g/mol. The quantitative estimate of drug-likeness (QED) is 0.787. The zero-order chi connectivity index (χ0) is 15.4. The highest BCUT2D eigenvalue weighted by atomic mass is 16.2. The van der Waals surface area contributed by atoms with Crippen molar-refractivity contribution in [1.82, 2.24) is 15.6 Å². The summed E-state index contributed by atoms with van der Waals surface area (Å²) >= 11 is 0. The van der Waals surface area contributed by atoms with Crippen LogP contribution in [-0.4, -0.2) is 29.4 Å². The van der Waals surface area contributed by atoms with Crippen LogP contribution in [0.1, 0.15) is 31.1 Å². The third-order valence-electron chi connectivity index (χ3n) is 3.26. The third kappa shape index (κ3) is 3.62. The average molecular weight is 287 g/mol. The lowest BCUT2D eigenvalue weighted by molar-refractivity contribution is -0.122. The predicted octanol–water partition coefficient (Wildman–Crippen LogP) is 2.06. The lowest BCUT2D eigenvalue weighted by Gasteiger charge is -2.15. The van der Waals surface area contributed by atoms with Crippen LogP contribution < -0.4 is 10.6 Å². The summed E-state index contributed by atoms with van der Waals surface area (Å²) in [6, 6.07) is 7.01. The lowest BCUT2D eigenvalue weighted by atomic mass is 10.1. The number of amides is 2. The molecule has 0 radical (unpaired) electrons. The fourth-order valence-electron chi connectivity index (χ4n) is 2.06. The van der Waals surface area contributed by atoms with Crippen LogP contribution >= 0.6 is 0 Å². The van der Waals surface area contributed by atoms with E-state index in [1.54, 1.807) is 13.1 Å². The van der Waals surface area contributed by atoms with Crippen molar-refractivity contribution in [2.24, 2.45) is 5.92 Å². The predicted molar refractivity (Wildman–Crippen MR) is 83.1 cm³/mol. The Hall–Kier alpha value is -2.30. The van der Waals surface area contributed by atoms with Crippen molar-refractivity contribution in [1.29, 1.82) is 0 Å². The molecule has 5 nitrogen and oxygen atoms in total. The summed E-state index contributed by atoms with van der Waals surface area (Å²) < 4.78 is 0. The molecule has 1 aromatic carbocycles. The number of carbonyl (C=O) groups excluding carboxylic acids is 2. The molecule has 112 valence electrons. The first-order chi connectivity index (χ1) is 9.99. The third-order valence-corrected chi connectivity index (χ3v) is 3.26. The van der Waals surface area contributed by atoms with Crippen LogP contribution in [0.15, 0.2) is 30.5 Å². The van der Waals surface area contributed by atoms with Gasteiger partial charge in [0.15, 0.2) is 0 Å². The van der Waals surface area contributed by atoms with E-state index in [9.17, 15) is 9.59 Å². The molecule has 2 aromatic rings. The Labute approximate surface area is 124 Å². The first-order valence-corrected chi connectivity index (χ1v) is 7.13. The monoisotopic (exact) mass is 287 g/mol. The molecule has 2 amide bonds. The van der Waals surface area contributed by atoms with Gasteiger partial charge < -0.3 is 15.6 Å². The lowest BCUT2D eigenvalue weighted by Crippen LogP contribution is -2.45. The minimum absolute atomic E-state index is 0.170. The second-order valence-electron chi connectivity index (χ2n) is 5.58. The maximum Gasteiger partial charge on any atom is 0.254 e. The van der Waals surface area contributed by atoms with Crippen molar-refractivity contribution in [3.8, 4) is 0 Å². The van der Waals surface area contributed by atoms with E-state index in [0.29, 0.717) is 18.0 Å². The van der Waals surface area contributed by atoms with Crippen LogP contribution in [-0.2, 0) is 4.79 Å². The molecule has 21 heavy (non-hydrogen) atoms. The molecule has 0 spiro atoms. The Kier molecular flexibility index (Phi) is 4.62. The number of aromatic nitrogens is 1. The number of rotatable bonds is 5. The normalized spacial score (nSPS) is 12.4. The molecule has 0 saturated carbocycles. The summed E-state index contributed by atoms with van der Waals surface area (Å²) in [7, 11) is 0. The number of hydrogen-bond donors (Lipinski definition) is 3. The Balaban J connectivity index is 2.02.